The lowest BCUT2D eigenvalue weighted by atomic mass is 10.1. The Morgan fingerprint density at radius 1 is 1.59 bits per heavy atom. The van der Waals surface area contributed by atoms with E-state index in [0.717, 1.165) is 6.07 Å². The maximum atomic E-state index is 13.4. The van der Waals surface area contributed by atoms with Gasteiger partial charge in [-0.25, -0.2) is 4.39 Å². The second-order valence-corrected chi connectivity index (χ2v) is 3.90. The number of hydrogen-bond acceptors (Lipinski definition) is 3. The van der Waals surface area contributed by atoms with Gasteiger partial charge in [0.05, 0.1) is 7.11 Å². The minimum Gasteiger partial charge on any atom is -0.494 e. The average Bonchev–Trinajstić information content (AvgIpc) is 2.35. The SMILES string of the molecule is COc1ccc(C(=O)NCC(C)CN)cc1F. The highest BCUT2D eigenvalue weighted by atomic mass is 19.1. The van der Waals surface area contributed by atoms with Crippen molar-refractivity contribution in [1.29, 1.82) is 0 Å². The van der Waals surface area contributed by atoms with Crippen molar-refractivity contribution in [2.75, 3.05) is 20.2 Å². The van der Waals surface area contributed by atoms with E-state index >= 15 is 0 Å². The minimum absolute atomic E-state index is 0.122. The van der Waals surface area contributed by atoms with E-state index in [1.54, 1.807) is 0 Å². The summed E-state index contributed by atoms with van der Waals surface area (Å²) in [5.74, 6) is -0.544. The molecule has 0 saturated carbocycles. The summed E-state index contributed by atoms with van der Waals surface area (Å²) in [5, 5.41) is 2.69. The first-order valence-corrected chi connectivity index (χ1v) is 5.40. The van der Waals surface area contributed by atoms with E-state index in [1.807, 2.05) is 6.92 Å². The highest BCUT2D eigenvalue weighted by Crippen LogP contribution is 2.17. The molecule has 1 atom stereocenters. The summed E-state index contributed by atoms with van der Waals surface area (Å²) in [7, 11) is 1.38. The van der Waals surface area contributed by atoms with Crippen LogP contribution in [0.2, 0.25) is 0 Å². The van der Waals surface area contributed by atoms with Crippen LogP contribution in [-0.2, 0) is 0 Å². The third kappa shape index (κ3) is 3.71. The third-order valence-electron chi connectivity index (χ3n) is 2.43. The maximum Gasteiger partial charge on any atom is 0.251 e. The van der Waals surface area contributed by atoms with Gasteiger partial charge in [0.2, 0.25) is 0 Å². The lowest BCUT2D eigenvalue weighted by Gasteiger charge is -2.10. The fourth-order valence-corrected chi connectivity index (χ4v) is 1.26. The van der Waals surface area contributed by atoms with E-state index < -0.39 is 5.82 Å². The van der Waals surface area contributed by atoms with E-state index in [9.17, 15) is 9.18 Å². The normalized spacial score (nSPS) is 12.0. The summed E-state index contributed by atoms with van der Waals surface area (Å²) < 4.78 is 18.1. The van der Waals surface area contributed by atoms with Gasteiger partial charge in [-0.2, -0.15) is 0 Å². The summed E-state index contributed by atoms with van der Waals surface area (Å²) in [5.41, 5.74) is 5.70. The van der Waals surface area contributed by atoms with Crippen LogP contribution in [0.4, 0.5) is 4.39 Å². The van der Waals surface area contributed by atoms with Crippen molar-refractivity contribution in [3.63, 3.8) is 0 Å². The number of rotatable bonds is 5. The Bertz CT molecular complexity index is 396. The quantitative estimate of drug-likeness (QED) is 0.811. The second kappa shape index (κ2) is 6.20. The fraction of sp³-hybridized carbons (Fsp3) is 0.417. The molecule has 17 heavy (non-hydrogen) atoms. The van der Waals surface area contributed by atoms with Gasteiger partial charge in [-0.15, -0.1) is 0 Å². The molecule has 1 amide bonds. The second-order valence-electron chi connectivity index (χ2n) is 3.90. The van der Waals surface area contributed by atoms with E-state index in [2.05, 4.69) is 5.32 Å². The van der Waals surface area contributed by atoms with E-state index in [0.29, 0.717) is 13.1 Å². The largest absolute Gasteiger partial charge is 0.494 e. The van der Waals surface area contributed by atoms with E-state index in [-0.39, 0.29) is 23.1 Å². The first-order valence-electron chi connectivity index (χ1n) is 5.40. The van der Waals surface area contributed by atoms with Gasteiger partial charge in [0.15, 0.2) is 11.6 Å². The highest BCUT2D eigenvalue weighted by Gasteiger charge is 2.10. The number of nitrogens with one attached hydrogen (secondary N) is 1. The number of hydrogen-bond donors (Lipinski definition) is 2. The average molecular weight is 240 g/mol. The molecule has 1 aromatic rings. The molecular formula is C12H17FN2O2. The minimum atomic E-state index is -0.549. The molecule has 0 aliphatic rings. The lowest BCUT2D eigenvalue weighted by Crippen LogP contribution is -2.31. The van der Waals surface area contributed by atoms with Crippen LogP contribution in [0.1, 0.15) is 17.3 Å². The van der Waals surface area contributed by atoms with Gasteiger partial charge in [0, 0.05) is 12.1 Å². The van der Waals surface area contributed by atoms with Gasteiger partial charge in [-0.1, -0.05) is 6.92 Å². The number of benzene rings is 1. The first kappa shape index (κ1) is 13.4. The highest BCUT2D eigenvalue weighted by molar-refractivity contribution is 5.94. The van der Waals surface area contributed by atoms with Crippen molar-refractivity contribution < 1.29 is 13.9 Å². The molecule has 0 bridgehead atoms. The number of carbonyl (C=O) groups is 1. The van der Waals surface area contributed by atoms with Gasteiger partial charge in [-0.3, -0.25) is 4.79 Å². The zero-order chi connectivity index (χ0) is 12.8. The van der Waals surface area contributed by atoms with Crippen LogP contribution in [0, 0.1) is 11.7 Å². The molecular weight excluding hydrogens is 223 g/mol. The molecule has 5 heteroatoms. The summed E-state index contributed by atoms with van der Waals surface area (Å²) in [4.78, 5) is 11.7. The van der Waals surface area contributed by atoms with Gasteiger partial charge in [0.25, 0.3) is 5.91 Å². The van der Waals surface area contributed by atoms with E-state index in [1.165, 1.54) is 19.2 Å². The van der Waals surface area contributed by atoms with Gasteiger partial charge in [0.1, 0.15) is 0 Å². The molecule has 0 spiro atoms. The van der Waals surface area contributed by atoms with Crippen molar-refractivity contribution in [3.05, 3.63) is 29.6 Å². The smallest absolute Gasteiger partial charge is 0.251 e. The molecule has 0 aliphatic heterocycles. The van der Waals surface area contributed by atoms with Gasteiger partial charge >= 0.3 is 0 Å². The van der Waals surface area contributed by atoms with Crippen LogP contribution in [0.25, 0.3) is 0 Å². The summed E-state index contributed by atoms with van der Waals surface area (Å²) in [6, 6.07) is 4.10. The molecule has 4 nitrogen and oxygen atoms in total. The van der Waals surface area contributed by atoms with Crippen molar-refractivity contribution >= 4 is 5.91 Å². The van der Waals surface area contributed by atoms with Crippen LogP contribution in [0.5, 0.6) is 5.75 Å². The maximum absolute atomic E-state index is 13.4. The Morgan fingerprint density at radius 2 is 2.29 bits per heavy atom. The number of methoxy groups -OCH3 is 1. The van der Waals surface area contributed by atoms with Crippen LogP contribution in [0.3, 0.4) is 0 Å². The number of halogens is 1. The van der Waals surface area contributed by atoms with Crippen molar-refractivity contribution in [1.82, 2.24) is 5.32 Å². The Morgan fingerprint density at radius 3 is 2.82 bits per heavy atom. The van der Waals surface area contributed by atoms with Crippen LogP contribution >= 0.6 is 0 Å². The van der Waals surface area contributed by atoms with Crippen molar-refractivity contribution in [3.8, 4) is 5.75 Å². The number of carbonyl (C=O) groups excluding carboxylic acids is 1. The predicted octanol–water partition coefficient (Wildman–Crippen LogP) is 1.16. The van der Waals surface area contributed by atoms with Crippen molar-refractivity contribution in [2.45, 2.75) is 6.92 Å². The van der Waals surface area contributed by atoms with Crippen LogP contribution in [0.15, 0.2) is 18.2 Å². The molecule has 0 saturated heterocycles. The Balaban J connectivity index is 2.66. The molecule has 0 heterocycles. The topological polar surface area (TPSA) is 64.3 Å². The number of ether oxygens (including phenoxy) is 1. The molecule has 1 aromatic carbocycles. The Kier molecular flexibility index (Phi) is 4.90. The summed E-state index contributed by atoms with van der Waals surface area (Å²) in [6.07, 6.45) is 0. The van der Waals surface area contributed by atoms with Crippen LogP contribution in [-0.4, -0.2) is 26.1 Å². The molecule has 0 aliphatic carbocycles. The van der Waals surface area contributed by atoms with Gasteiger partial charge < -0.3 is 15.8 Å². The Hall–Kier alpha value is -1.62. The lowest BCUT2D eigenvalue weighted by molar-refractivity contribution is 0.0948. The zero-order valence-electron chi connectivity index (χ0n) is 10.00. The van der Waals surface area contributed by atoms with E-state index in [4.69, 9.17) is 10.5 Å². The Labute approximate surface area is 100.0 Å². The molecule has 0 fully saturated rings. The molecule has 3 N–H and O–H groups in total. The molecule has 1 rings (SSSR count). The van der Waals surface area contributed by atoms with Crippen molar-refractivity contribution in [2.24, 2.45) is 11.7 Å². The zero-order valence-corrected chi connectivity index (χ0v) is 10.00. The van der Waals surface area contributed by atoms with Crippen LogP contribution < -0.4 is 15.8 Å². The first-order chi connectivity index (χ1) is 8.08. The van der Waals surface area contributed by atoms with Gasteiger partial charge in [-0.05, 0) is 30.7 Å². The molecule has 1 unspecified atom stereocenters. The predicted molar refractivity (Wildman–Crippen MR) is 63.5 cm³/mol. The fourth-order valence-electron chi connectivity index (χ4n) is 1.26. The monoisotopic (exact) mass is 240 g/mol. The molecule has 0 aromatic heterocycles. The molecule has 0 radical (unpaired) electrons. The number of nitrogens with two attached hydrogens (primary N) is 1. The standard InChI is InChI=1S/C12H17FN2O2/c1-8(6-14)7-15-12(16)9-3-4-11(17-2)10(13)5-9/h3-5,8H,6-7,14H2,1-2H3,(H,15,16). The molecule has 94 valence electrons. The third-order valence-corrected chi connectivity index (χ3v) is 2.43. The summed E-state index contributed by atoms with van der Waals surface area (Å²) in [6.45, 7) is 2.90. The summed E-state index contributed by atoms with van der Waals surface area (Å²) >= 11 is 0. The number of amides is 1.